The molecule has 0 heterocycles. The monoisotopic (exact) mass is 272 g/mol. The second-order valence-electron chi connectivity index (χ2n) is 3.87. The van der Waals surface area contributed by atoms with Crippen LogP contribution in [0.15, 0.2) is 29.2 Å². The molecule has 7 heteroatoms. The van der Waals surface area contributed by atoms with Crippen molar-refractivity contribution in [2.24, 2.45) is 0 Å². The molecule has 0 saturated heterocycles. The van der Waals surface area contributed by atoms with Crippen LogP contribution in [0.5, 0.6) is 0 Å². The molecule has 0 radical (unpaired) electrons. The number of hydrogen-bond acceptors (Lipinski definition) is 4. The van der Waals surface area contributed by atoms with Crippen molar-refractivity contribution in [3.8, 4) is 0 Å². The van der Waals surface area contributed by atoms with Crippen molar-refractivity contribution < 1.29 is 18.3 Å². The quantitative estimate of drug-likeness (QED) is 0.663. The van der Waals surface area contributed by atoms with E-state index < -0.39 is 22.0 Å². The van der Waals surface area contributed by atoms with Crippen LogP contribution >= 0.6 is 0 Å². The van der Waals surface area contributed by atoms with Gasteiger partial charge in [0.15, 0.2) is 0 Å². The Balaban J connectivity index is 2.97. The molecule has 18 heavy (non-hydrogen) atoms. The predicted octanol–water partition coefficient (Wildman–Crippen LogP) is 0.800. The molecule has 0 aliphatic rings. The minimum atomic E-state index is -3.86. The second kappa shape index (κ2) is 5.83. The lowest BCUT2D eigenvalue weighted by Crippen LogP contribution is -2.40. The molecule has 0 spiro atoms. The second-order valence-corrected chi connectivity index (χ2v) is 5.59. The Bertz CT molecular complexity index is 528. The summed E-state index contributed by atoms with van der Waals surface area (Å²) < 4.78 is 26.0. The van der Waals surface area contributed by atoms with E-state index in [-0.39, 0.29) is 11.3 Å². The van der Waals surface area contributed by atoms with E-state index in [1.54, 1.807) is 13.0 Å². The molecule has 1 rings (SSSR count). The average Bonchev–Trinajstić information content (AvgIpc) is 2.28. The number of carbonyl (C=O) groups is 1. The molecule has 4 N–H and O–H groups in total. The number of carboxylic acids is 1. The van der Waals surface area contributed by atoms with Gasteiger partial charge in [-0.25, -0.2) is 8.42 Å². The van der Waals surface area contributed by atoms with Gasteiger partial charge in [0.05, 0.1) is 4.90 Å². The maximum Gasteiger partial charge on any atom is 0.321 e. The van der Waals surface area contributed by atoms with E-state index in [2.05, 4.69) is 4.72 Å². The van der Waals surface area contributed by atoms with Crippen LogP contribution in [-0.4, -0.2) is 25.5 Å². The summed E-state index contributed by atoms with van der Waals surface area (Å²) in [4.78, 5) is 10.9. The maximum atomic E-state index is 11.9. The normalized spacial score (nSPS) is 13.2. The zero-order valence-corrected chi connectivity index (χ0v) is 10.8. The average molecular weight is 272 g/mol. The van der Waals surface area contributed by atoms with Crippen LogP contribution in [0.25, 0.3) is 0 Å². The summed E-state index contributed by atoms with van der Waals surface area (Å²) in [5, 5.41) is 8.92. The standard InChI is InChI=1S/C11H16N2O4S/c1-2-4-10(11(14)15)13-18(16,17)9-6-3-5-8(12)7-9/h3,5-7,10,13H,2,4,12H2,1H3,(H,14,15). The van der Waals surface area contributed by atoms with Crippen molar-refractivity contribution in [2.45, 2.75) is 30.7 Å². The van der Waals surface area contributed by atoms with Crippen LogP contribution in [0, 0.1) is 0 Å². The van der Waals surface area contributed by atoms with E-state index in [4.69, 9.17) is 10.8 Å². The fourth-order valence-corrected chi connectivity index (χ4v) is 2.74. The van der Waals surface area contributed by atoms with Crippen molar-refractivity contribution in [3.05, 3.63) is 24.3 Å². The molecule has 0 bridgehead atoms. The highest BCUT2D eigenvalue weighted by Crippen LogP contribution is 2.13. The van der Waals surface area contributed by atoms with Crippen molar-refractivity contribution >= 4 is 21.7 Å². The first-order chi connectivity index (χ1) is 8.36. The first-order valence-electron chi connectivity index (χ1n) is 5.47. The van der Waals surface area contributed by atoms with Gasteiger partial charge in [0.1, 0.15) is 6.04 Å². The van der Waals surface area contributed by atoms with Gasteiger partial charge in [-0.3, -0.25) is 4.79 Å². The van der Waals surface area contributed by atoms with E-state index in [1.807, 2.05) is 0 Å². The molecule has 1 aromatic carbocycles. The number of nitrogens with one attached hydrogen (secondary N) is 1. The van der Waals surface area contributed by atoms with Crippen LogP contribution in [0.1, 0.15) is 19.8 Å². The lowest BCUT2D eigenvalue weighted by atomic mass is 10.2. The van der Waals surface area contributed by atoms with E-state index in [9.17, 15) is 13.2 Å². The van der Waals surface area contributed by atoms with Crippen molar-refractivity contribution in [1.29, 1.82) is 0 Å². The van der Waals surface area contributed by atoms with Crippen LogP contribution < -0.4 is 10.5 Å². The molecule has 0 saturated carbocycles. The molecule has 0 aromatic heterocycles. The SMILES string of the molecule is CCCC(NS(=O)(=O)c1cccc(N)c1)C(=O)O. The molecule has 1 aromatic rings. The summed E-state index contributed by atoms with van der Waals surface area (Å²) in [6.45, 7) is 1.78. The summed E-state index contributed by atoms with van der Waals surface area (Å²) in [6.07, 6.45) is 0.799. The fourth-order valence-electron chi connectivity index (χ4n) is 1.46. The van der Waals surface area contributed by atoms with Crippen LogP contribution in [0.4, 0.5) is 5.69 Å². The van der Waals surface area contributed by atoms with Gasteiger partial charge < -0.3 is 10.8 Å². The molecule has 0 fully saturated rings. The summed E-state index contributed by atoms with van der Waals surface area (Å²) >= 11 is 0. The van der Waals surface area contributed by atoms with E-state index in [1.165, 1.54) is 18.2 Å². The number of anilines is 1. The minimum Gasteiger partial charge on any atom is -0.480 e. The first kappa shape index (κ1) is 14.5. The molecule has 0 aliphatic heterocycles. The lowest BCUT2D eigenvalue weighted by Gasteiger charge is -2.14. The number of aliphatic carboxylic acids is 1. The number of rotatable bonds is 6. The van der Waals surface area contributed by atoms with Gasteiger partial charge in [-0.15, -0.1) is 0 Å². The van der Waals surface area contributed by atoms with Crippen molar-refractivity contribution in [3.63, 3.8) is 0 Å². The third kappa shape index (κ3) is 3.71. The Labute approximate surface area is 106 Å². The predicted molar refractivity (Wildman–Crippen MR) is 67.5 cm³/mol. The summed E-state index contributed by atoms with van der Waals surface area (Å²) in [6, 6.07) is 4.58. The van der Waals surface area contributed by atoms with Gasteiger partial charge >= 0.3 is 5.97 Å². The Morgan fingerprint density at radius 1 is 1.50 bits per heavy atom. The highest BCUT2D eigenvalue weighted by Gasteiger charge is 2.24. The number of carboxylic acid groups (broad SMARTS) is 1. The van der Waals surface area contributed by atoms with Crippen molar-refractivity contribution in [2.75, 3.05) is 5.73 Å². The summed E-state index contributed by atoms with van der Waals surface area (Å²) in [5.41, 5.74) is 5.80. The molecule has 0 amide bonds. The molecular formula is C11H16N2O4S. The number of benzene rings is 1. The van der Waals surface area contributed by atoms with Crippen LogP contribution in [0.2, 0.25) is 0 Å². The third-order valence-electron chi connectivity index (χ3n) is 2.34. The molecular weight excluding hydrogens is 256 g/mol. The number of sulfonamides is 1. The van der Waals surface area contributed by atoms with Gasteiger partial charge in [0, 0.05) is 5.69 Å². The zero-order chi connectivity index (χ0) is 13.8. The largest absolute Gasteiger partial charge is 0.480 e. The van der Waals surface area contributed by atoms with Gasteiger partial charge in [-0.2, -0.15) is 4.72 Å². The van der Waals surface area contributed by atoms with E-state index in [0.717, 1.165) is 0 Å². The van der Waals surface area contributed by atoms with Crippen LogP contribution in [-0.2, 0) is 14.8 Å². The lowest BCUT2D eigenvalue weighted by molar-refractivity contribution is -0.139. The third-order valence-corrected chi connectivity index (χ3v) is 3.81. The maximum absolute atomic E-state index is 11.9. The van der Waals surface area contributed by atoms with Gasteiger partial charge in [-0.05, 0) is 24.6 Å². The zero-order valence-electron chi connectivity index (χ0n) is 9.96. The highest BCUT2D eigenvalue weighted by molar-refractivity contribution is 7.89. The Hall–Kier alpha value is -1.60. The number of nitrogens with two attached hydrogens (primary N) is 1. The molecule has 6 nitrogen and oxygen atoms in total. The fraction of sp³-hybridized carbons (Fsp3) is 0.364. The smallest absolute Gasteiger partial charge is 0.321 e. The first-order valence-corrected chi connectivity index (χ1v) is 6.96. The number of hydrogen-bond donors (Lipinski definition) is 3. The van der Waals surface area contributed by atoms with Gasteiger partial charge in [-0.1, -0.05) is 19.4 Å². The summed E-state index contributed by atoms with van der Waals surface area (Å²) in [7, 11) is -3.86. The van der Waals surface area contributed by atoms with Crippen LogP contribution in [0.3, 0.4) is 0 Å². The summed E-state index contributed by atoms with van der Waals surface area (Å²) in [5.74, 6) is -1.19. The van der Waals surface area contributed by atoms with E-state index in [0.29, 0.717) is 12.1 Å². The molecule has 1 atom stereocenters. The van der Waals surface area contributed by atoms with E-state index >= 15 is 0 Å². The van der Waals surface area contributed by atoms with Gasteiger partial charge in [0.25, 0.3) is 0 Å². The molecule has 100 valence electrons. The van der Waals surface area contributed by atoms with Gasteiger partial charge in [0.2, 0.25) is 10.0 Å². The molecule has 1 unspecified atom stereocenters. The Morgan fingerprint density at radius 3 is 2.67 bits per heavy atom. The minimum absolute atomic E-state index is 0.0372. The van der Waals surface area contributed by atoms with Crippen molar-refractivity contribution in [1.82, 2.24) is 4.72 Å². The Morgan fingerprint density at radius 2 is 2.17 bits per heavy atom. The molecule has 0 aliphatic carbocycles. The Kier molecular flexibility index (Phi) is 4.69. The topological polar surface area (TPSA) is 109 Å². The number of nitrogen functional groups attached to an aromatic ring is 1. The highest BCUT2D eigenvalue weighted by atomic mass is 32.2.